The summed E-state index contributed by atoms with van der Waals surface area (Å²) in [6.45, 7) is 3.99. The molecule has 1 aliphatic heterocycles. The molecule has 1 aromatic rings. The van der Waals surface area contributed by atoms with Gasteiger partial charge in [0.25, 0.3) is 0 Å². The first-order valence-electron chi connectivity index (χ1n) is 10.0. The van der Waals surface area contributed by atoms with E-state index in [1.807, 2.05) is 18.2 Å². The first kappa shape index (κ1) is 20.7. The molecule has 3 N–H and O–H groups in total. The molecule has 1 saturated heterocycles. The van der Waals surface area contributed by atoms with Crippen LogP contribution in [0.4, 0.5) is 10.5 Å². The predicted molar refractivity (Wildman–Crippen MR) is 110 cm³/mol. The molecule has 0 bridgehead atoms. The molecule has 1 heterocycles. The Balaban J connectivity index is 1.43. The molecular weight excluding hydrogens is 380 g/mol. The number of nitrogens with one attached hydrogen (secondary N) is 3. The molecule has 0 atom stereocenters. The van der Waals surface area contributed by atoms with Crippen LogP contribution in [0, 0.1) is 5.92 Å². The molecule has 3 rings (SSSR count). The molecule has 28 heavy (non-hydrogen) atoms. The van der Waals surface area contributed by atoms with Gasteiger partial charge in [-0.2, -0.15) is 0 Å². The molecule has 8 heteroatoms. The number of anilines is 1. The highest BCUT2D eigenvalue weighted by Crippen LogP contribution is 2.25. The number of halogens is 1. The van der Waals surface area contributed by atoms with Crippen LogP contribution in [0.5, 0.6) is 0 Å². The van der Waals surface area contributed by atoms with Crippen LogP contribution in [0.2, 0.25) is 5.02 Å². The van der Waals surface area contributed by atoms with E-state index in [0.29, 0.717) is 37.2 Å². The third-order valence-corrected chi connectivity index (χ3v) is 5.54. The van der Waals surface area contributed by atoms with Crippen LogP contribution >= 0.6 is 11.6 Å². The van der Waals surface area contributed by atoms with Crippen molar-refractivity contribution in [3.63, 3.8) is 0 Å². The van der Waals surface area contributed by atoms with Crippen molar-refractivity contribution in [2.45, 2.75) is 32.2 Å². The maximum absolute atomic E-state index is 12.1. The summed E-state index contributed by atoms with van der Waals surface area (Å²) < 4.78 is 5.41. The van der Waals surface area contributed by atoms with Gasteiger partial charge in [0, 0.05) is 36.9 Å². The molecule has 1 aliphatic carbocycles. The molecule has 0 radical (unpaired) electrons. The van der Waals surface area contributed by atoms with E-state index in [4.69, 9.17) is 16.3 Å². The fourth-order valence-corrected chi connectivity index (χ4v) is 3.93. The number of morpholine rings is 1. The van der Waals surface area contributed by atoms with Crippen molar-refractivity contribution >= 4 is 29.2 Å². The summed E-state index contributed by atoms with van der Waals surface area (Å²) in [6, 6.07) is 5.41. The number of ether oxygens (including phenoxy) is 1. The van der Waals surface area contributed by atoms with Crippen molar-refractivity contribution < 1.29 is 14.3 Å². The number of carbonyl (C=O) groups excluding carboxylic acids is 2. The second-order valence-electron chi connectivity index (χ2n) is 7.36. The van der Waals surface area contributed by atoms with Crippen LogP contribution in [0.1, 0.15) is 31.2 Å². The Bertz CT molecular complexity index is 673. The average molecular weight is 409 g/mol. The largest absolute Gasteiger partial charge is 0.378 e. The number of benzene rings is 1. The van der Waals surface area contributed by atoms with Crippen molar-refractivity contribution in [3.8, 4) is 0 Å². The minimum Gasteiger partial charge on any atom is -0.378 e. The van der Waals surface area contributed by atoms with E-state index in [1.165, 1.54) is 25.7 Å². The first-order valence-corrected chi connectivity index (χ1v) is 10.4. The average Bonchev–Trinajstić information content (AvgIpc) is 3.23. The summed E-state index contributed by atoms with van der Waals surface area (Å²) in [5.74, 6) is 0.338. The molecule has 2 aliphatic rings. The number of hydrogen-bond donors (Lipinski definition) is 3. The highest BCUT2D eigenvalue weighted by molar-refractivity contribution is 6.30. The van der Waals surface area contributed by atoms with Gasteiger partial charge in [-0.05, 0) is 42.5 Å². The van der Waals surface area contributed by atoms with Crippen molar-refractivity contribution in [3.05, 3.63) is 28.8 Å². The minimum atomic E-state index is -0.293. The normalized spacial score (nSPS) is 17.4. The summed E-state index contributed by atoms with van der Waals surface area (Å²) in [5, 5.41) is 8.95. The van der Waals surface area contributed by atoms with Gasteiger partial charge in [0.05, 0.1) is 19.8 Å². The van der Waals surface area contributed by atoms with E-state index in [1.54, 1.807) is 0 Å². The van der Waals surface area contributed by atoms with E-state index in [0.717, 1.165) is 24.3 Å². The fraction of sp³-hybridized carbons (Fsp3) is 0.600. The van der Waals surface area contributed by atoms with Gasteiger partial charge in [0.2, 0.25) is 5.91 Å². The summed E-state index contributed by atoms with van der Waals surface area (Å²) in [5.41, 5.74) is 2.00. The van der Waals surface area contributed by atoms with Crippen molar-refractivity contribution in [2.75, 3.05) is 44.3 Å². The van der Waals surface area contributed by atoms with Gasteiger partial charge in [-0.3, -0.25) is 4.79 Å². The Morgan fingerprint density at radius 3 is 2.61 bits per heavy atom. The Kier molecular flexibility index (Phi) is 7.80. The Labute approximate surface area is 171 Å². The maximum atomic E-state index is 12.1. The second-order valence-corrected chi connectivity index (χ2v) is 7.80. The smallest absolute Gasteiger partial charge is 0.315 e. The predicted octanol–water partition coefficient (Wildman–Crippen LogP) is 2.28. The summed E-state index contributed by atoms with van der Waals surface area (Å²) in [6.07, 6.45) is 4.83. The number of urea groups is 1. The lowest BCUT2D eigenvalue weighted by Crippen LogP contribution is -2.43. The van der Waals surface area contributed by atoms with Crippen molar-refractivity contribution in [1.29, 1.82) is 0 Å². The standard InChI is InChI=1S/C20H29ClN4O3/c21-17-5-6-18(25-7-9-28-10-8-25)16(11-17)13-22-19(26)14-24-20(27)23-12-15-3-1-2-4-15/h5-6,11,15H,1-4,7-10,12-14H2,(H,22,26)(H2,23,24,27). The number of nitrogens with zero attached hydrogens (tertiary/aromatic N) is 1. The number of amides is 3. The van der Waals surface area contributed by atoms with E-state index in [9.17, 15) is 9.59 Å². The van der Waals surface area contributed by atoms with Crippen molar-refractivity contribution in [1.82, 2.24) is 16.0 Å². The summed E-state index contributed by atoms with van der Waals surface area (Å²) in [7, 11) is 0. The van der Waals surface area contributed by atoms with E-state index >= 15 is 0 Å². The number of carbonyl (C=O) groups is 2. The third kappa shape index (κ3) is 6.27. The molecule has 154 valence electrons. The Hall–Kier alpha value is -1.99. The lowest BCUT2D eigenvalue weighted by molar-refractivity contribution is -0.120. The molecule has 7 nitrogen and oxygen atoms in total. The van der Waals surface area contributed by atoms with E-state index in [2.05, 4.69) is 20.9 Å². The topological polar surface area (TPSA) is 82.7 Å². The Morgan fingerprint density at radius 1 is 1.11 bits per heavy atom. The molecule has 3 amide bonds. The van der Waals surface area contributed by atoms with Crippen LogP contribution in [-0.2, 0) is 16.1 Å². The molecular formula is C20H29ClN4O3. The third-order valence-electron chi connectivity index (χ3n) is 5.30. The van der Waals surface area contributed by atoms with Gasteiger partial charge in [-0.15, -0.1) is 0 Å². The first-order chi connectivity index (χ1) is 13.6. The molecule has 2 fully saturated rings. The molecule has 0 aromatic heterocycles. The van der Waals surface area contributed by atoms with Crippen LogP contribution in [0.3, 0.4) is 0 Å². The monoisotopic (exact) mass is 408 g/mol. The molecule has 0 spiro atoms. The number of rotatable bonds is 7. The van der Waals surface area contributed by atoms with Gasteiger partial charge >= 0.3 is 6.03 Å². The van der Waals surface area contributed by atoms with Gasteiger partial charge < -0.3 is 25.6 Å². The van der Waals surface area contributed by atoms with Crippen LogP contribution < -0.4 is 20.9 Å². The zero-order valence-corrected chi connectivity index (χ0v) is 16.9. The highest BCUT2D eigenvalue weighted by atomic mass is 35.5. The molecule has 0 unspecified atom stereocenters. The van der Waals surface area contributed by atoms with E-state index < -0.39 is 0 Å². The maximum Gasteiger partial charge on any atom is 0.315 e. The summed E-state index contributed by atoms with van der Waals surface area (Å²) >= 11 is 6.14. The molecule has 1 aromatic carbocycles. The molecule has 1 saturated carbocycles. The minimum absolute atomic E-state index is 0.0516. The quantitative estimate of drug-likeness (QED) is 0.646. The Morgan fingerprint density at radius 2 is 1.86 bits per heavy atom. The van der Waals surface area contributed by atoms with Crippen LogP contribution in [-0.4, -0.2) is 51.3 Å². The number of hydrogen-bond acceptors (Lipinski definition) is 4. The SMILES string of the molecule is O=C(CNC(=O)NCC1CCCC1)NCc1cc(Cl)ccc1N1CCOCC1. The van der Waals surface area contributed by atoms with Crippen molar-refractivity contribution in [2.24, 2.45) is 5.92 Å². The second kappa shape index (κ2) is 10.5. The highest BCUT2D eigenvalue weighted by Gasteiger charge is 2.17. The van der Waals surface area contributed by atoms with Gasteiger partial charge in [-0.25, -0.2) is 4.79 Å². The van der Waals surface area contributed by atoms with Crippen LogP contribution in [0.15, 0.2) is 18.2 Å². The van der Waals surface area contributed by atoms with Gasteiger partial charge in [-0.1, -0.05) is 24.4 Å². The van der Waals surface area contributed by atoms with E-state index in [-0.39, 0.29) is 18.5 Å². The van der Waals surface area contributed by atoms with Gasteiger partial charge in [0.1, 0.15) is 0 Å². The zero-order valence-electron chi connectivity index (χ0n) is 16.1. The summed E-state index contributed by atoms with van der Waals surface area (Å²) in [4.78, 5) is 26.2. The zero-order chi connectivity index (χ0) is 19.8. The van der Waals surface area contributed by atoms with Crippen LogP contribution in [0.25, 0.3) is 0 Å². The van der Waals surface area contributed by atoms with Gasteiger partial charge in [0.15, 0.2) is 0 Å². The lowest BCUT2D eigenvalue weighted by Gasteiger charge is -2.30. The lowest BCUT2D eigenvalue weighted by atomic mass is 10.1. The fourth-order valence-electron chi connectivity index (χ4n) is 3.74.